The maximum Gasteiger partial charge on any atom is 0.408 e. The summed E-state index contributed by atoms with van der Waals surface area (Å²) in [6.07, 6.45) is -1.60. The molecule has 0 unspecified atom stereocenters. The van der Waals surface area contributed by atoms with Gasteiger partial charge in [0.05, 0.1) is 0 Å². The number of rotatable bonds is 11. The molecule has 4 aromatic carbocycles. The molecule has 1 saturated heterocycles. The summed E-state index contributed by atoms with van der Waals surface area (Å²) in [6.45, 7) is 20.1. The summed E-state index contributed by atoms with van der Waals surface area (Å²) in [5.74, 6) is -7.32. The number of aliphatic carboxylic acids is 1. The Kier molecular flexibility index (Phi) is 15.0. The van der Waals surface area contributed by atoms with Crippen molar-refractivity contribution in [1.82, 2.24) is 10.6 Å². The molecule has 13 nitrogen and oxygen atoms in total. The number of ether oxygens (including phenoxy) is 4. The van der Waals surface area contributed by atoms with Crippen LogP contribution >= 0.6 is 0 Å². The molecule has 2 atom stereocenters. The molecule has 0 radical (unpaired) electrons. The molecule has 0 aliphatic carbocycles. The minimum Gasteiger partial charge on any atom is -0.480 e. The Morgan fingerprint density at radius 1 is 0.540 bits per heavy atom. The van der Waals surface area contributed by atoms with Crippen molar-refractivity contribution in [3.63, 3.8) is 0 Å². The first kappa shape index (κ1) is 49.2. The van der Waals surface area contributed by atoms with Crippen molar-refractivity contribution in [3.8, 4) is 22.3 Å². The number of carboxylic acids is 1. The Bertz CT molecular complexity index is 2230. The molecule has 1 fully saturated rings. The van der Waals surface area contributed by atoms with Crippen LogP contribution in [0.2, 0.25) is 0 Å². The van der Waals surface area contributed by atoms with E-state index >= 15 is 0 Å². The van der Waals surface area contributed by atoms with Crippen LogP contribution in [0, 0.1) is 5.92 Å². The number of hydrogen-bond acceptors (Lipinski definition) is 10. The predicted molar refractivity (Wildman–Crippen MR) is 239 cm³/mol. The van der Waals surface area contributed by atoms with E-state index in [1.54, 1.807) is 69.2 Å². The highest BCUT2D eigenvalue weighted by Gasteiger charge is 2.52. The maximum atomic E-state index is 13.7. The smallest absolute Gasteiger partial charge is 0.408 e. The number of carboxylic acid groups (broad SMARTS) is 1. The van der Waals surface area contributed by atoms with Gasteiger partial charge in [0.2, 0.25) is 5.92 Å². The van der Waals surface area contributed by atoms with Crippen molar-refractivity contribution in [3.05, 3.63) is 120 Å². The van der Waals surface area contributed by atoms with Gasteiger partial charge in [0, 0.05) is 24.7 Å². The summed E-state index contributed by atoms with van der Waals surface area (Å²) in [6, 6.07) is 32.5. The minimum absolute atomic E-state index is 0.700. The zero-order chi connectivity index (χ0) is 47.1. The third-order valence-corrected chi connectivity index (χ3v) is 10.2. The van der Waals surface area contributed by atoms with Crippen LogP contribution < -0.4 is 10.6 Å². The molecule has 1 heterocycles. The summed E-state index contributed by atoms with van der Waals surface area (Å²) < 4.78 is 20.9. The van der Waals surface area contributed by atoms with E-state index in [2.05, 4.69) is 10.6 Å². The van der Waals surface area contributed by atoms with E-state index in [-0.39, 0.29) is 0 Å². The van der Waals surface area contributed by atoms with Crippen molar-refractivity contribution in [2.75, 3.05) is 0 Å². The quantitative estimate of drug-likeness (QED) is 0.0742. The molecular weight excluding hydrogens is 805 g/mol. The van der Waals surface area contributed by atoms with E-state index in [0.717, 1.165) is 27.8 Å². The van der Waals surface area contributed by atoms with E-state index < -0.39 is 81.7 Å². The lowest BCUT2D eigenvalue weighted by atomic mass is 9.73. The second kappa shape index (κ2) is 19.3. The number of cyclic esters (lactones) is 2. The molecule has 0 aromatic heterocycles. The summed E-state index contributed by atoms with van der Waals surface area (Å²) in [7, 11) is 0. The number of alkyl carbamates (subject to hydrolysis) is 2. The van der Waals surface area contributed by atoms with Crippen LogP contribution in [0.4, 0.5) is 9.59 Å². The Hall–Kier alpha value is -6.50. The molecule has 5 rings (SSSR count). The van der Waals surface area contributed by atoms with Gasteiger partial charge < -0.3 is 34.7 Å². The summed E-state index contributed by atoms with van der Waals surface area (Å²) in [5.41, 5.74) is 2.23. The molecule has 1 aliphatic heterocycles. The van der Waals surface area contributed by atoms with E-state index in [1.807, 2.05) is 109 Å². The predicted octanol–water partition coefficient (Wildman–Crippen LogP) is 9.16. The first-order chi connectivity index (χ1) is 29.1. The van der Waals surface area contributed by atoms with Gasteiger partial charge in [0.25, 0.3) is 5.79 Å². The van der Waals surface area contributed by atoms with Crippen LogP contribution in [-0.2, 0) is 49.0 Å². The number of Topliss-reactive ketones (excluding diaryl/α,β-unsaturated/α-hetero) is 1. The van der Waals surface area contributed by atoms with Crippen molar-refractivity contribution < 1.29 is 52.8 Å². The summed E-state index contributed by atoms with van der Waals surface area (Å²) >= 11 is 0. The van der Waals surface area contributed by atoms with Gasteiger partial charge in [0.15, 0.2) is 5.78 Å². The number of amides is 2. The Morgan fingerprint density at radius 3 is 1.19 bits per heavy atom. The fourth-order valence-electron chi connectivity index (χ4n) is 6.91. The lowest BCUT2D eigenvalue weighted by molar-refractivity contribution is -0.238. The van der Waals surface area contributed by atoms with Crippen LogP contribution in [0.25, 0.3) is 22.3 Å². The van der Waals surface area contributed by atoms with Gasteiger partial charge in [0.1, 0.15) is 23.3 Å². The van der Waals surface area contributed by atoms with E-state index in [4.69, 9.17) is 18.9 Å². The van der Waals surface area contributed by atoms with Crippen LogP contribution in [0.15, 0.2) is 109 Å². The largest absolute Gasteiger partial charge is 0.480 e. The molecule has 3 N–H and O–H groups in total. The minimum atomic E-state index is -1.83. The zero-order valence-electron chi connectivity index (χ0n) is 38.2. The fraction of sp³-hybridized carbons (Fsp3) is 0.400. The zero-order valence-corrected chi connectivity index (χ0v) is 38.2. The van der Waals surface area contributed by atoms with Crippen LogP contribution in [0.5, 0.6) is 0 Å². The Balaban J connectivity index is 0.000000288. The summed E-state index contributed by atoms with van der Waals surface area (Å²) in [5, 5.41) is 14.8. The van der Waals surface area contributed by atoms with Crippen molar-refractivity contribution in [2.24, 2.45) is 5.92 Å². The molecule has 0 saturated carbocycles. The highest BCUT2D eigenvalue weighted by molar-refractivity contribution is 6.18. The summed E-state index contributed by atoms with van der Waals surface area (Å²) in [4.78, 5) is 75.6. The van der Waals surface area contributed by atoms with Gasteiger partial charge in [-0.05, 0) is 74.9 Å². The maximum absolute atomic E-state index is 13.7. The SMILES string of the molecule is CC(C)(C)OC(=O)N[C@@H](C(=O)C1C(=O)OC(C)(C)OC1=O)C(C)(C)c1ccc(-c2ccccc2)cc1.CC(C)(C)OC(=O)N[C@@H](C(=O)O)C(C)(C)c1ccc(-c2ccccc2)cc1. The first-order valence-electron chi connectivity index (χ1n) is 20.6. The van der Waals surface area contributed by atoms with Gasteiger partial charge in [-0.15, -0.1) is 0 Å². The highest BCUT2D eigenvalue weighted by atomic mass is 16.7. The number of nitrogens with one attached hydrogen (secondary N) is 2. The molecular formula is C50H60N2O11. The molecule has 63 heavy (non-hydrogen) atoms. The van der Waals surface area contributed by atoms with Crippen LogP contribution in [0.3, 0.4) is 0 Å². The topological polar surface area (TPSA) is 184 Å². The molecule has 0 spiro atoms. The average molecular weight is 865 g/mol. The van der Waals surface area contributed by atoms with Crippen molar-refractivity contribution in [1.29, 1.82) is 0 Å². The molecule has 1 aliphatic rings. The van der Waals surface area contributed by atoms with Crippen LogP contribution in [0.1, 0.15) is 94.2 Å². The van der Waals surface area contributed by atoms with Gasteiger partial charge in [-0.3, -0.25) is 14.4 Å². The molecule has 0 bridgehead atoms. The third kappa shape index (κ3) is 13.2. The Labute approximate surface area is 369 Å². The fourth-order valence-corrected chi connectivity index (χ4v) is 6.91. The monoisotopic (exact) mass is 864 g/mol. The van der Waals surface area contributed by atoms with E-state index in [0.29, 0.717) is 5.56 Å². The Morgan fingerprint density at radius 2 is 0.857 bits per heavy atom. The van der Waals surface area contributed by atoms with Crippen molar-refractivity contribution >= 4 is 35.9 Å². The second-order valence-corrected chi connectivity index (χ2v) is 18.9. The standard InChI is InChI=1S/C28H33NO7.C22H27NO4/c1-26(2,3)36-25(33)29-22(21(30)20-23(31)34-28(6,7)35-24(20)32)27(4,5)19-15-13-18(14-16-19)17-11-9-8-10-12-17;1-21(2,3)27-20(26)23-18(19(24)25)22(4,5)17-13-11-16(12-14-17)15-9-7-6-8-10-15/h8-16,20,22H,1-7H3,(H,29,33);6-14,18H,1-5H3,(H,23,26)(H,24,25)/t22-;18-/m00/s1. The van der Waals surface area contributed by atoms with Gasteiger partial charge in [-0.2, -0.15) is 0 Å². The molecule has 4 aromatic rings. The lowest BCUT2D eigenvalue weighted by Gasteiger charge is -2.38. The normalized spacial score (nSPS) is 15.2. The lowest BCUT2D eigenvalue weighted by Crippen LogP contribution is -2.59. The highest BCUT2D eigenvalue weighted by Crippen LogP contribution is 2.34. The van der Waals surface area contributed by atoms with E-state index in [9.17, 15) is 33.9 Å². The second-order valence-electron chi connectivity index (χ2n) is 18.9. The van der Waals surface area contributed by atoms with Gasteiger partial charge in [-0.25, -0.2) is 14.4 Å². The van der Waals surface area contributed by atoms with Crippen LogP contribution in [-0.4, -0.2) is 70.1 Å². The van der Waals surface area contributed by atoms with Gasteiger partial charge in [-0.1, -0.05) is 137 Å². The molecule has 336 valence electrons. The number of carbonyl (C=O) groups excluding carboxylic acids is 5. The first-order valence-corrected chi connectivity index (χ1v) is 20.6. The number of ketones is 1. The number of carbonyl (C=O) groups is 6. The van der Waals surface area contributed by atoms with E-state index in [1.165, 1.54) is 13.8 Å². The van der Waals surface area contributed by atoms with Gasteiger partial charge >= 0.3 is 30.1 Å². The number of esters is 2. The number of hydrogen-bond donors (Lipinski definition) is 3. The average Bonchev–Trinajstić information content (AvgIpc) is 3.17. The molecule has 2 amide bonds. The van der Waals surface area contributed by atoms with Crippen molar-refractivity contribution in [2.45, 2.75) is 123 Å². The number of benzene rings is 4. The third-order valence-electron chi connectivity index (χ3n) is 10.2. The molecule has 13 heteroatoms.